The van der Waals surface area contributed by atoms with E-state index in [-0.39, 0.29) is 12.6 Å². The summed E-state index contributed by atoms with van der Waals surface area (Å²) >= 11 is 0. The molecular weight excluding hydrogens is 240 g/mol. The fourth-order valence-electron chi connectivity index (χ4n) is 2.66. The van der Waals surface area contributed by atoms with Crippen molar-refractivity contribution in [2.45, 2.75) is 45.1 Å². The summed E-state index contributed by atoms with van der Waals surface area (Å²) in [5.41, 5.74) is 2.61. The number of hydrogen-bond acceptors (Lipinski definition) is 2. The van der Waals surface area contributed by atoms with Crippen LogP contribution < -0.4 is 10.6 Å². The second-order valence-corrected chi connectivity index (χ2v) is 5.47. The van der Waals surface area contributed by atoms with Gasteiger partial charge in [-0.1, -0.05) is 25.0 Å². The van der Waals surface area contributed by atoms with E-state index < -0.39 is 5.54 Å². The third-order valence-corrected chi connectivity index (χ3v) is 4.09. The van der Waals surface area contributed by atoms with E-state index in [1.165, 1.54) is 0 Å². The van der Waals surface area contributed by atoms with E-state index in [4.69, 9.17) is 0 Å². The summed E-state index contributed by atoms with van der Waals surface area (Å²) in [6.45, 7) is 4.01. The highest BCUT2D eigenvalue weighted by molar-refractivity contribution is 5.90. The molecule has 1 fully saturated rings. The van der Waals surface area contributed by atoms with Gasteiger partial charge in [-0.3, -0.25) is 0 Å². The minimum absolute atomic E-state index is 0.00716. The predicted octanol–water partition coefficient (Wildman–Crippen LogP) is 2.73. The summed E-state index contributed by atoms with van der Waals surface area (Å²) in [5.74, 6) is 0. The summed E-state index contributed by atoms with van der Waals surface area (Å²) in [6.07, 6.45) is 3.82. The topological polar surface area (TPSA) is 61.4 Å². The SMILES string of the molecule is Cc1cccc(NC(=O)NC2(CO)CCCC2)c1C. The van der Waals surface area contributed by atoms with Crippen LogP contribution in [0, 0.1) is 13.8 Å². The maximum atomic E-state index is 12.1. The average molecular weight is 262 g/mol. The van der Waals surface area contributed by atoms with Gasteiger partial charge >= 0.3 is 6.03 Å². The van der Waals surface area contributed by atoms with E-state index in [1.807, 2.05) is 32.0 Å². The van der Waals surface area contributed by atoms with Crippen LogP contribution in [-0.4, -0.2) is 23.3 Å². The predicted molar refractivity (Wildman–Crippen MR) is 76.4 cm³/mol. The van der Waals surface area contributed by atoms with Crippen LogP contribution in [-0.2, 0) is 0 Å². The number of aliphatic hydroxyl groups excluding tert-OH is 1. The first kappa shape index (κ1) is 13.9. The smallest absolute Gasteiger partial charge is 0.319 e. The number of aliphatic hydroxyl groups is 1. The van der Waals surface area contributed by atoms with E-state index in [1.54, 1.807) is 0 Å². The minimum atomic E-state index is -0.429. The number of aryl methyl sites for hydroxylation is 1. The first-order valence-electron chi connectivity index (χ1n) is 6.83. The lowest BCUT2D eigenvalue weighted by atomic mass is 9.99. The molecule has 104 valence electrons. The second-order valence-electron chi connectivity index (χ2n) is 5.47. The van der Waals surface area contributed by atoms with Gasteiger partial charge in [0.2, 0.25) is 0 Å². The lowest BCUT2D eigenvalue weighted by Gasteiger charge is -2.28. The van der Waals surface area contributed by atoms with Crippen LogP contribution in [0.1, 0.15) is 36.8 Å². The van der Waals surface area contributed by atoms with E-state index in [2.05, 4.69) is 10.6 Å². The molecule has 3 N–H and O–H groups in total. The van der Waals surface area contributed by atoms with Gasteiger partial charge < -0.3 is 15.7 Å². The van der Waals surface area contributed by atoms with E-state index in [0.717, 1.165) is 42.5 Å². The number of carbonyl (C=O) groups excluding carboxylic acids is 1. The Morgan fingerprint density at radius 1 is 1.32 bits per heavy atom. The minimum Gasteiger partial charge on any atom is -0.394 e. The molecule has 4 nitrogen and oxygen atoms in total. The molecule has 2 rings (SSSR count). The van der Waals surface area contributed by atoms with Crippen LogP contribution in [0.2, 0.25) is 0 Å². The summed E-state index contributed by atoms with van der Waals surface area (Å²) in [4.78, 5) is 12.1. The highest BCUT2D eigenvalue weighted by Gasteiger charge is 2.34. The zero-order valence-corrected chi connectivity index (χ0v) is 11.6. The molecule has 0 unspecified atom stereocenters. The number of hydrogen-bond donors (Lipinski definition) is 3. The van der Waals surface area contributed by atoms with Crippen LogP contribution >= 0.6 is 0 Å². The Morgan fingerprint density at radius 2 is 2.00 bits per heavy atom. The first-order valence-corrected chi connectivity index (χ1v) is 6.83. The summed E-state index contributed by atoms with van der Waals surface area (Å²) in [5, 5.41) is 15.3. The number of benzene rings is 1. The fourth-order valence-corrected chi connectivity index (χ4v) is 2.66. The van der Waals surface area contributed by atoms with Gasteiger partial charge in [0.15, 0.2) is 0 Å². The van der Waals surface area contributed by atoms with Crippen molar-refractivity contribution < 1.29 is 9.90 Å². The first-order chi connectivity index (χ1) is 9.06. The van der Waals surface area contributed by atoms with Crippen molar-refractivity contribution in [2.24, 2.45) is 0 Å². The van der Waals surface area contributed by atoms with Crippen molar-refractivity contribution in [3.63, 3.8) is 0 Å². The molecule has 4 heteroatoms. The van der Waals surface area contributed by atoms with E-state index >= 15 is 0 Å². The highest BCUT2D eigenvalue weighted by atomic mass is 16.3. The zero-order valence-electron chi connectivity index (χ0n) is 11.6. The van der Waals surface area contributed by atoms with Gasteiger partial charge in [0, 0.05) is 5.69 Å². The average Bonchev–Trinajstić information content (AvgIpc) is 2.84. The Balaban J connectivity index is 2.03. The lowest BCUT2D eigenvalue weighted by molar-refractivity contribution is 0.167. The van der Waals surface area contributed by atoms with Crippen molar-refractivity contribution in [3.8, 4) is 0 Å². The molecule has 0 heterocycles. The highest BCUT2D eigenvalue weighted by Crippen LogP contribution is 2.29. The molecule has 1 saturated carbocycles. The number of nitrogens with one attached hydrogen (secondary N) is 2. The standard InChI is InChI=1S/C15H22N2O2/c1-11-6-5-7-13(12(11)2)16-14(19)17-15(10-18)8-3-4-9-15/h5-7,18H,3-4,8-10H2,1-2H3,(H2,16,17,19). The Hall–Kier alpha value is -1.55. The van der Waals surface area contributed by atoms with Gasteiger partial charge in [-0.25, -0.2) is 4.79 Å². The molecule has 1 aromatic rings. The lowest BCUT2D eigenvalue weighted by Crippen LogP contribution is -2.50. The van der Waals surface area contributed by atoms with Crippen LogP contribution in [0.5, 0.6) is 0 Å². The van der Waals surface area contributed by atoms with E-state index in [9.17, 15) is 9.90 Å². The number of urea groups is 1. The van der Waals surface area contributed by atoms with Crippen molar-refractivity contribution in [1.82, 2.24) is 5.32 Å². The molecule has 0 aliphatic heterocycles. The maximum Gasteiger partial charge on any atom is 0.319 e. The van der Waals surface area contributed by atoms with Gasteiger partial charge in [0.25, 0.3) is 0 Å². The van der Waals surface area contributed by atoms with Crippen LogP contribution in [0.3, 0.4) is 0 Å². The number of carbonyl (C=O) groups is 1. The van der Waals surface area contributed by atoms with Crippen molar-refractivity contribution in [1.29, 1.82) is 0 Å². The quantitative estimate of drug-likeness (QED) is 0.784. The molecule has 1 aliphatic rings. The second kappa shape index (κ2) is 5.61. The Labute approximate surface area is 114 Å². The van der Waals surface area contributed by atoms with Crippen LogP contribution in [0.15, 0.2) is 18.2 Å². The van der Waals surface area contributed by atoms with Gasteiger partial charge in [0.1, 0.15) is 0 Å². The maximum absolute atomic E-state index is 12.1. The van der Waals surface area contributed by atoms with Gasteiger partial charge in [0.05, 0.1) is 12.1 Å². The summed E-state index contributed by atoms with van der Waals surface area (Å²) < 4.78 is 0. The van der Waals surface area contributed by atoms with E-state index in [0.29, 0.717) is 0 Å². The molecule has 0 bridgehead atoms. The number of rotatable bonds is 3. The zero-order chi connectivity index (χ0) is 13.9. The number of amides is 2. The Morgan fingerprint density at radius 3 is 2.63 bits per heavy atom. The largest absolute Gasteiger partial charge is 0.394 e. The van der Waals surface area contributed by atoms with Gasteiger partial charge in [-0.2, -0.15) is 0 Å². The molecule has 0 spiro atoms. The van der Waals surface area contributed by atoms with Crippen molar-refractivity contribution >= 4 is 11.7 Å². The summed E-state index contributed by atoms with van der Waals surface area (Å²) in [7, 11) is 0. The molecule has 0 aromatic heterocycles. The van der Waals surface area contributed by atoms with Gasteiger partial charge in [-0.15, -0.1) is 0 Å². The molecule has 1 aliphatic carbocycles. The molecule has 0 radical (unpaired) electrons. The fraction of sp³-hybridized carbons (Fsp3) is 0.533. The molecule has 1 aromatic carbocycles. The number of anilines is 1. The normalized spacial score (nSPS) is 17.2. The third-order valence-electron chi connectivity index (χ3n) is 4.09. The van der Waals surface area contributed by atoms with Crippen LogP contribution in [0.25, 0.3) is 0 Å². The van der Waals surface area contributed by atoms with Crippen LogP contribution in [0.4, 0.5) is 10.5 Å². The molecule has 0 saturated heterocycles. The Bertz CT molecular complexity index is 465. The Kier molecular flexibility index (Phi) is 4.10. The third kappa shape index (κ3) is 3.07. The monoisotopic (exact) mass is 262 g/mol. The van der Waals surface area contributed by atoms with Gasteiger partial charge in [-0.05, 0) is 43.9 Å². The molecular formula is C15H22N2O2. The van der Waals surface area contributed by atoms with Crippen molar-refractivity contribution in [2.75, 3.05) is 11.9 Å². The summed E-state index contributed by atoms with van der Waals surface area (Å²) in [6, 6.07) is 5.60. The molecule has 0 atom stereocenters. The molecule has 19 heavy (non-hydrogen) atoms. The molecule has 2 amide bonds. The van der Waals surface area contributed by atoms with Crippen molar-refractivity contribution in [3.05, 3.63) is 29.3 Å².